The Labute approximate surface area is 199 Å². The maximum Gasteiger partial charge on any atom is 0.293 e. The first-order valence-corrected chi connectivity index (χ1v) is 10.9. The van der Waals surface area contributed by atoms with Crippen molar-refractivity contribution in [1.29, 1.82) is 0 Å². The summed E-state index contributed by atoms with van der Waals surface area (Å²) in [5.74, 6) is 0.612. The molecule has 0 atom stereocenters. The third kappa shape index (κ3) is 5.24. The van der Waals surface area contributed by atoms with Gasteiger partial charge in [-0.3, -0.25) is 29.6 Å². The molecule has 2 heterocycles. The number of benzene rings is 2. The van der Waals surface area contributed by atoms with Crippen molar-refractivity contribution in [2.75, 3.05) is 7.11 Å². The number of hydrogen-bond acceptors (Lipinski definition) is 8. The Bertz CT molecular complexity index is 1260. The van der Waals surface area contributed by atoms with Crippen LogP contribution in [0.3, 0.4) is 0 Å². The lowest BCUT2D eigenvalue weighted by Crippen LogP contribution is -2.27. The fraction of sp³-hybridized carbons (Fsp3) is 0.125. The van der Waals surface area contributed by atoms with Gasteiger partial charge in [0.25, 0.3) is 16.8 Å². The van der Waals surface area contributed by atoms with Gasteiger partial charge in [-0.05, 0) is 58.8 Å². The molecule has 2 amide bonds. The third-order valence-corrected chi connectivity index (χ3v) is 5.90. The average molecular weight is 477 g/mol. The summed E-state index contributed by atoms with van der Waals surface area (Å²) in [6.07, 6.45) is 5.00. The normalized spacial score (nSPS) is 14.5. The Morgan fingerprint density at radius 1 is 1.03 bits per heavy atom. The van der Waals surface area contributed by atoms with Crippen molar-refractivity contribution in [3.8, 4) is 11.5 Å². The van der Waals surface area contributed by atoms with Gasteiger partial charge >= 0.3 is 0 Å². The third-order valence-electron chi connectivity index (χ3n) is 4.99. The fourth-order valence-electron chi connectivity index (χ4n) is 3.23. The lowest BCUT2D eigenvalue weighted by molar-refractivity contribution is -0.384. The zero-order valence-corrected chi connectivity index (χ0v) is 18.9. The van der Waals surface area contributed by atoms with Gasteiger partial charge in [-0.25, -0.2) is 0 Å². The summed E-state index contributed by atoms with van der Waals surface area (Å²) in [5, 5.41) is 10.4. The van der Waals surface area contributed by atoms with Crippen molar-refractivity contribution < 1.29 is 24.0 Å². The summed E-state index contributed by atoms with van der Waals surface area (Å²) < 4.78 is 11.3. The van der Waals surface area contributed by atoms with Crippen molar-refractivity contribution in [3.63, 3.8) is 0 Å². The smallest absolute Gasteiger partial charge is 0.293 e. The molecule has 1 aromatic heterocycles. The molecule has 0 bridgehead atoms. The van der Waals surface area contributed by atoms with Crippen molar-refractivity contribution in [1.82, 2.24) is 9.88 Å². The van der Waals surface area contributed by atoms with Crippen LogP contribution in [-0.2, 0) is 17.9 Å². The number of carbonyl (C=O) groups is 2. The molecule has 0 spiro atoms. The van der Waals surface area contributed by atoms with Crippen LogP contribution in [0.4, 0.5) is 10.5 Å². The molecule has 0 unspecified atom stereocenters. The van der Waals surface area contributed by atoms with Crippen LogP contribution in [0.1, 0.15) is 16.7 Å². The molecule has 2 aromatic carbocycles. The van der Waals surface area contributed by atoms with Crippen LogP contribution in [0.15, 0.2) is 71.9 Å². The number of methoxy groups -OCH3 is 1. The Morgan fingerprint density at radius 2 is 1.76 bits per heavy atom. The van der Waals surface area contributed by atoms with Crippen molar-refractivity contribution in [2.45, 2.75) is 13.2 Å². The largest absolute Gasteiger partial charge is 0.493 e. The van der Waals surface area contributed by atoms with E-state index >= 15 is 0 Å². The average Bonchev–Trinajstić information content (AvgIpc) is 3.11. The molecule has 0 aliphatic carbocycles. The van der Waals surface area contributed by atoms with Crippen LogP contribution < -0.4 is 9.47 Å². The minimum absolute atomic E-state index is 0.0328. The van der Waals surface area contributed by atoms with Gasteiger partial charge in [0.1, 0.15) is 6.61 Å². The quantitative estimate of drug-likeness (QED) is 0.258. The number of ether oxygens (including phenoxy) is 2. The van der Waals surface area contributed by atoms with Crippen LogP contribution in [0.5, 0.6) is 11.5 Å². The second-order valence-electron chi connectivity index (χ2n) is 7.25. The van der Waals surface area contributed by atoms with Gasteiger partial charge in [0.05, 0.1) is 23.5 Å². The summed E-state index contributed by atoms with van der Waals surface area (Å²) in [5.41, 5.74) is 2.20. The van der Waals surface area contributed by atoms with Crippen molar-refractivity contribution in [3.05, 3.63) is 98.7 Å². The lowest BCUT2D eigenvalue weighted by Gasteiger charge is -2.12. The zero-order chi connectivity index (χ0) is 24.1. The van der Waals surface area contributed by atoms with Crippen LogP contribution in [-0.4, -0.2) is 33.1 Å². The topological polar surface area (TPSA) is 112 Å². The van der Waals surface area contributed by atoms with E-state index in [-0.39, 0.29) is 17.1 Å². The standard InChI is InChI=1S/C24H19N3O6S/c1-32-21-12-18(4-7-20(21)33-15-17-8-10-25-11-9-17)13-22-23(28)26(24(29)34-22)14-16-2-5-19(6-3-16)27(30)31/h2-13H,14-15H2,1H3. The monoisotopic (exact) mass is 477 g/mol. The molecule has 0 N–H and O–H groups in total. The molecule has 4 rings (SSSR count). The molecule has 1 aliphatic heterocycles. The number of imide groups is 1. The van der Waals surface area contributed by atoms with Crippen LogP contribution >= 0.6 is 11.8 Å². The molecule has 1 saturated heterocycles. The van der Waals surface area contributed by atoms with E-state index in [1.807, 2.05) is 12.1 Å². The van der Waals surface area contributed by atoms with E-state index < -0.39 is 16.1 Å². The van der Waals surface area contributed by atoms with Gasteiger partial charge in [0.15, 0.2) is 11.5 Å². The minimum atomic E-state index is -0.504. The second-order valence-corrected chi connectivity index (χ2v) is 8.24. The van der Waals surface area contributed by atoms with E-state index in [0.717, 1.165) is 22.2 Å². The number of carbonyl (C=O) groups excluding carboxylic acids is 2. The number of rotatable bonds is 8. The van der Waals surface area contributed by atoms with E-state index in [1.165, 1.54) is 31.4 Å². The Morgan fingerprint density at radius 3 is 2.44 bits per heavy atom. The first-order chi connectivity index (χ1) is 16.4. The van der Waals surface area contributed by atoms with Gasteiger partial charge in [-0.2, -0.15) is 0 Å². The first-order valence-electron chi connectivity index (χ1n) is 10.1. The highest BCUT2D eigenvalue weighted by atomic mass is 32.2. The van der Waals surface area contributed by atoms with Crippen molar-refractivity contribution >= 4 is 34.7 Å². The van der Waals surface area contributed by atoms with Gasteiger partial charge in [-0.1, -0.05) is 18.2 Å². The molecule has 9 nitrogen and oxygen atoms in total. The van der Waals surface area contributed by atoms with Gasteiger partial charge in [0, 0.05) is 24.5 Å². The second kappa shape index (κ2) is 10.2. The van der Waals surface area contributed by atoms with E-state index in [2.05, 4.69) is 4.98 Å². The minimum Gasteiger partial charge on any atom is -0.493 e. The SMILES string of the molecule is COc1cc(C=C2SC(=O)N(Cc3ccc([N+](=O)[O-])cc3)C2=O)ccc1OCc1ccncc1. The number of pyridine rings is 1. The summed E-state index contributed by atoms with van der Waals surface area (Å²) >= 11 is 0.841. The van der Waals surface area contributed by atoms with Crippen LogP contribution in [0.2, 0.25) is 0 Å². The van der Waals surface area contributed by atoms with E-state index in [1.54, 1.807) is 36.7 Å². The highest BCUT2D eigenvalue weighted by Gasteiger charge is 2.35. The maximum atomic E-state index is 12.8. The number of nitrogens with zero attached hydrogens (tertiary/aromatic N) is 3. The number of amides is 2. The number of non-ortho nitro benzene ring substituents is 1. The molecule has 172 valence electrons. The molecule has 1 fully saturated rings. The molecule has 3 aromatic rings. The fourth-order valence-corrected chi connectivity index (χ4v) is 4.06. The maximum absolute atomic E-state index is 12.8. The van der Waals surface area contributed by atoms with E-state index in [0.29, 0.717) is 29.2 Å². The number of nitro groups is 1. The molecular weight excluding hydrogens is 458 g/mol. The molecule has 0 radical (unpaired) electrons. The molecule has 0 saturated carbocycles. The van der Waals surface area contributed by atoms with E-state index in [4.69, 9.17) is 9.47 Å². The molecule has 34 heavy (non-hydrogen) atoms. The predicted molar refractivity (Wildman–Crippen MR) is 126 cm³/mol. The first kappa shape index (κ1) is 23.0. The summed E-state index contributed by atoms with van der Waals surface area (Å²) in [6, 6.07) is 14.7. The number of nitro benzene ring substituents is 1. The molecule has 10 heteroatoms. The Kier molecular flexibility index (Phi) is 6.88. The van der Waals surface area contributed by atoms with Gasteiger partial charge in [-0.15, -0.1) is 0 Å². The predicted octanol–water partition coefficient (Wildman–Crippen LogP) is 4.81. The van der Waals surface area contributed by atoms with Crippen LogP contribution in [0.25, 0.3) is 6.08 Å². The number of thioether (sulfide) groups is 1. The van der Waals surface area contributed by atoms with Crippen LogP contribution in [0, 0.1) is 10.1 Å². The van der Waals surface area contributed by atoms with Gasteiger partial charge in [0.2, 0.25) is 0 Å². The lowest BCUT2D eigenvalue weighted by atomic mass is 10.1. The van der Waals surface area contributed by atoms with Gasteiger partial charge < -0.3 is 9.47 Å². The summed E-state index contributed by atoms with van der Waals surface area (Å²) in [7, 11) is 1.52. The Balaban J connectivity index is 1.47. The Hall–Kier alpha value is -4.18. The number of aromatic nitrogens is 1. The summed E-state index contributed by atoms with van der Waals surface area (Å²) in [6.45, 7) is 0.380. The highest BCUT2D eigenvalue weighted by molar-refractivity contribution is 8.18. The molecular formula is C24H19N3O6S. The zero-order valence-electron chi connectivity index (χ0n) is 18.0. The van der Waals surface area contributed by atoms with E-state index in [9.17, 15) is 19.7 Å². The highest BCUT2D eigenvalue weighted by Crippen LogP contribution is 2.35. The summed E-state index contributed by atoms with van der Waals surface area (Å²) in [4.78, 5) is 40.9. The number of hydrogen-bond donors (Lipinski definition) is 0. The molecule has 1 aliphatic rings. The van der Waals surface area contributed by atoms with Crippen molar-refractivity contribution in [2.24, 2.45) is 0 Å².